The molecule has 0 spiro atoms. The standard InChI is InChI=1S/C19H27N5O2/c1-4-20-19(23-11-18-21-7-8-24(18)12-14(2)3)22-10-15-5-6-16-17(9-15)26-13-25-16/h5-9,14H,4,10-13H2,1-3H3,(H2,20,22,23). The number of nitrogens with zero attached hydrogens (tertiary/aromatic N) is 3. The molecule has 2 aromatic rings. The van der Waals surface area contributed by atoms with E-state index < -0.39 is 0 Å². The van der Waals surface area contributed by atoms with Crippen molar-refractivity contribution < 1.29 is 9.47 Å². The minimum Gasteiger partial charge on any atom is -0.454 e. The van der Waals surface area contributed by atoms with Gasteiger partial charge >= 0.3 is 0 Å². The first-order valence-corrected chi connectivity index (χ1v) is 9.06. The van der Waals surface area contributed by atoms with E-state index in [1.165, 1.54) is 0 Å². The van der Waals surface area contributed by atoms with Crippen LogP contribution in [0.1, 0.15) is 32.2 Å². The third kappa shape index (κ3) is 4.68. The maximum absolute atomic E-state index is 5.42. The average molecular weight is 357 g/mol. The first-order chi connectivity index (χ1) is 12.7. The number of aliphatic imine (C=N–C) groups is 1. The molecule has 0 bridgehead atoms. The second-order valence-electron chi connectivity index (χ2n) is 6.63. The number of aromatic nitrogens is 2. The van der Waals surface area contributed by atoms with Crippen LogP contribution >= 0.6 is 0 Å². The molecule has 0 amide bonds. The summed E-state index contributed by atoms with van der Waals surface area (Å²) in [6.45, 7) is 9.70. The Morgan fingerprint density at radius 1 is 1.27 bits per heavy atom. The summed E-state index contributed by atoms with van der Waals surface area (Å²) in [6, 6.07) is 5.91. The van der Waals surface area contributed by atoms with Crippen LogP contribution in [0.15, 0.2) is 35.6 Å². The van der Waals surface area contributed by atoms with Crippen LogP contribution in [-0.4, -0.2) is 28.8 Å². The van der Waals surface area contributed by atoms with Crippen LogP contribution in [0, 0.1) is 5.92 Å². The SMILES string of the molecule is CCNC(=NCc1ccc2c(c1)OCO2)NCc1nccn1CC(C)C. The predicted octanol–water partition coefficient (Wildman–Crippen LogP) is 2.52. The molecule has 7 heteroatoms. The number of imidazole rings is 1. The van der Waals surface area contributed by atoms with Crippen LogP contribution in [0.5, 0.6) is 11.5 Å². The van der Waals surface area contributed by atoms with E-state index in [9.17, 15) is 0 Å². The maximum atomic E-state index is 5.42. The van der Waals surface area contributed by atoms with Crippen LogP contribution < -0.4 is 20.1 Å². The summed E-state index contributed by atoms with van der Waals surface area (Å²) in [6.07, 6.45) is 3.86. The van der Waals surface area contributed by atoms with Gasteiger partial charge in [-0.1, -0.05) is 19.9 Å². The van der Waals surface area contributed by atoms with Crippen molar-refractivity contribution in [2.24, 2.45) is 10.9 Å². The molecular formula is C19H27N5O2. The molecule has 1 aromatic carbocycles. The van der Waals surface area contributed by atoms with Crippen LogP contribution in [0.4, 0.5) is 0 Å². The van der Waals surface area contributed by atoms with Gasteiger partial charge in [0.25, 0.3) is 0 Å². The summed E-state index contributed by atoms with van der Waals surface area (Å²) in [5.74, 6) is 3.93. The van der Waals surface area contributed by atoms with Gasteiger partial charge in [-0.25, -0.2) is 9.98 Å². The number of hydrogen-bond acceptors (Lipinski definition) is 4. The van der Waals surface area contributed by atoms with Crippen molar-refractivity contribution >= 4 is 5.96 Å². The molecule has 3 rings (SSSR count). The highest BCUT2D eigenvalue weighted by Gasteiger charge is 2.13. The van der Waals surface area contributed by atoms with Crippen LogP contribution in [0.2, 0.25) is 0 Å². The van der Waals surface area contributed by atoms with Gasteiger partial charge in [-0.05, 0) is 30.5 Å². The number of fused-ring (bicyclic) bond motifs is 1. The van der Waals surface area contributed by atoms with E-state index in [1.54, 1.807) is 0 Å². The van der Waals surface area contributed by atoms with Crippen LogP contribution in [0.3, 0.4) is 0 Å². The normalized spacial score (nSPS) is 13.3. The molecule has 26 heavy (non-hydrogen) atoms. The summed E-state index contributed by atoms with van der Waals surface area (Å²) in [4.78, 5) is 9.11. The fourth-order valence-corrected chi connectivity index (χ4v) is 2.78. The Bertz CT molecular complexity index is 754. The predicted molar refractivity (Wildman–Crippen MR) is 101 cm³/mol. The lowest BCUT2D eigenvalue weighted by molar-refractivity contribution is 0.174. The number of benzene rings is 1. The number of nitrogens with one attached hydrogen (secondary N) is 2. The van der Waals surface area contributed by atoms with Crippen molar-refractivity contribution in [3.63, 3.8) is 0 Å². The zero-order chi connectivity index (χ0) is 18.4. The first-order valence-electron chi connectivity index (χ1n) is 9.06. The van der Waals surface area contributed by atoms with Gasteiger partial charge in [0.2, 0.25) is 6.79 Å². The molecular weight excluding hydrogens is 330 g/mol. The van der Waals surface area contributed by atoms with Crippen molar-refractivity contribution in [3.8, 4) is 11.5 Å². The third-order valence-corrected chi connectivity index (χ3v) is 3.98. The first kappa shape index (κ1) is 18.1. The number of ether oxygens (including phenoxy) is 2. The second kappa shape index (κ2) is 8.60. The highest BCUT2D eigenvalue weighted by molar-refractivity contribution is 5.79. The molecule has 1 aromatic heterocycles. The van der Waals surface area contributed by atoms with Gasteiger partial charge in [0.15, 0.2) is 17.5 Å². The molecule has 1 aliphatic heterocycles. The highest BCUT2D eigenvalue weighted by Crippen LogP contribution is 2.32. The minimum absolute atomic E-state index is 0.287. The Hall–Kier alpha value is -2.70. The van der Waals surface area contributed by atoms with Crippen molar-refractivity contribution in [1.29, 1.82) is 0 Å². The van der Waals surface area contributed by atoms with Crippen molar-refractivity contribution in [2.45, 2.75) is 40.4 Å². The van der Waals surface area contributed by atoms with E-state index in [2.05, 4.69) is 45.9 Å². The van der Waals surface area contributed by atoms with Gasteiger partial charge in [0.1, 0.15) is 5.82 Å². The fraction of sp³-hybridized carbons (Fsp3) is 0.474. The van der Waals surface area contributed by atoms with Gasteiger partial charge in [0, 0.05) is 25.5 Å². The molecule has 0 saturated carbocycles. The van der Waals surface area contributed by atoms with Gasteiger partial charge in [-0.15, -0.1) is 0 Å². The van der Waals surface area contributed by atoms with E-state index in [-0.39, 0.29) is 6.79 Å². The smallest absolute Gasteiger partial charge is 0.231 e. The monoisotopic (exact) mass is 357 g/mol. The maximum Gasteiger partial charge on any atom is 0.231 e. The van der Waals surface area contributed by atoms with Crippen LogP contribution in [-0.2, 0) is 19.6 Å². The lowest BCUT2D eigenvalue weighted by atomic mass is 10.2. The third-order valence-electron chi connectivity index (χ3n) is 3.98. The zero-order valence-corrected chi connectivity index (χ0v) is 15.7. The zero-order valence-electron chi connectivity index (χ0n) is 15.7. The Balaban J connectivity index is 1.61. The van der Waals surface area contributed by atoms with E-state index in [1.807, 2.05) is 30.6 Å². The van der Waals surface area contributed by atoms with Crippen molar-refractivity contribution in [2.75, 3.05) is 13.3 Å². The van der Waals surface area contributed by atoms with Gasteiger partial charge in [-0.3, -0.25) is 0 Å². The molecule has 0 radical (unpaired) electrons. The Labute approximate surface area is 154 Å². The van der Waals surface area contributed by atoms with Crippen molar-refractivity contribution in [3.05, 3.63) is 42.0 Å². The Morgan fingerprint density at radius 3 is 2.92 bits per heavy atom. The number of hydrogen-bond donors (Lipinski definition) is 2. The average Bonchev–Trinajstić information content (AvgIpc) is 3.25. The lowest BCUT2D eigenvalue weighted by Crippen LogP contribution is -2.37. The van der Waals surface area contributed by atoms with E-state index in [0.29, 0.717) is 19.0 Å². The number of guanidine groups is 1. The topological polar surface area (TPSA) is 72.7 Å². The van der Waals surface area contributed by atoms with E-state index in [0.717, 1.165) is 41.9 Å². The largest absolute Gasteiger partial charge is 0.454 e. The molecule has 0 saturated heterocycles. The molecule has 1 aliphatic rings. The molecule has 140 valence electrons. The quantitative estimate of drug-likeness (QED) is 0.588. The lowest BCUT2D eigenvalue weighted by Gasteiger charge is -2.13. The second-order valence-corrected chi connectivity index (χ2v) is 6.63. The summed E-state index contributed by atoms with van der Waals surface area (Å²) in [5.41, 5.74) is 1.08. The Morgan fingerprint density at radius 2 is 2.12 bits per heavy atom. The van der Waals surface area contributed by atoms with Gasteiger partial charge in [0.05, 0.1) is 13.1 Å². The molecule has 0 atom stereocenters. The minimum atomic E-state index is 0.287. The summed E-state index contributed by atoms with van der Waals surface area (Å²) < 4.78 is 12.9. The summed E-state index contributed by atoms with van der Waals surface area (Å²) in [5, 5.41) is 6.63. The molecule has 2 heterocycles. The molecule has 0 aliphatic carbocycles. The summed E-state index contributed by atoms with van der Waals surface area (Å²) >= 11 is 0. The van der Waals surface area contributed by atoms with E-state index in [4.69, 9.17) is 9.47 Å². The number of rotatable bonds is 7. The molecule has 0 unspecified atom stereocenters. The molecule has 0 fully saturated rings. The highest BCUT2D eigenvalue weighted by atomic mass is 16.7. The van der Waals surface area contributed by atoms with E-state index >= 15 is 0 Å². The molecule has 2 N–H and O–H groups in total. The van der Waals surface area contributed by atoms with Crippen LogP contribution in [0.25, 0.3) is 0 Å². The fourth-order valence-electron chi connectivity index (χ4n) is 2.78. The van der Waals surface area contributed by atoms with Crippen molar-refractivity contribution in [1.82, 2.24) is 20.2 Å². The summed E-state index contributed by atoms with van der Waals surface area (Å²) in [7, 11) is 0. The van der Waals surface area contributed by atoms with Gasteiger partial charge in [-0.2, -0.15) is 0 Å². The van der Waals surface area contributed by atoms with Gasteiger partial charge < -0.3 is 24.7 Å². The Kier molecular flexibility index (Phi) is 5.99. The molecule has 7 nitrogen and oxygen atoms in total.